The van der Waals surface area contributed by atoms with Crippen LogP contribution in [0.4, 0.5) is 0 Å². The molecule has 0 aliphatic heterocycles. The minimum absolute atomic E-state index is 0.0261. The number of amides is 1. The van der Waals surface area contributed by atoms with Crippen LogP contribution in [0.1, 0.15) is 0 Å². The minimum atomic E-state index is -0.232. The monoisotopic (exact) mass is 131 g/mol. The number of hydrogen-bond acceptors (Lipinski definition) is 1. The van der Waals surface area contributed by atoms with E-state index in [-0.39, 0.29) is 18.3 Å². The van der Waals surface area contributed by atoms with Crippen molar-refractivity contribution < 1.29 is 4.79 Å². The van der Waals surface area contributed by atoms with E-state index in [4.69, 9.17) is 18.0 Å². The molecule has 0 atom stereocenters. The van der Waals surface area contributed by atoms with E-state index in [1.807, 2.05) is 0 Å². The van der Waals surface area contributed by atoms with Crippen LogP contribution in [0.2, 0.25) is 0 Å². The van der Waals surface area contributed by atoms with Gasteiger partial charge in [0.1, 0.15) is 5.88 Å². The Morgan fingerprint density at radius 1 is 1.88 bits per heavy atom. The lowest BCUT2D eigenvalue weighted by molar-refractivity contribution is -0.118. The highest BCUT2D eigenvalue weighted by atomic mass is 35.5. The summed E-state index contributed by atoms with van der Waals surface area (Å²) in [5, 5.41) is 2.38. The molecule has 0 heterocycles. The highest BCUT2D eigenvalue weighted by Gasteiger charge is 1.91. The lowest BCUT2D eigenvalue weighted by Gasteiger charge is -1.92. The van der Waals surface area contributed by atoms with Crippen LogP contribution in [0.25, 0.3) is 0 Å². The molecular formula is C5H6ClNO. The first-order valence-corrected chi connectivity index (χ1v) is 2.61. The molecule has 0 aromatic heterocycles. The fraction of sp³-hybridized carbons (Fsp3) is 0.400. The topological polar surface area (TPSA) is 29.1 Å². The molecular weight excluding hydrogens is 126 g/mol. The minimum Gasteiger partial charge on any atom is -0.344 e. The summed E-state index contributed by atoms with van der Waals surface area (Å²) in [5.41, 5.74) is 0. The van der Waals surface area contributed by atoms with Crippen molar-refractivity contribution in [1.82, 2.24) is 5.32 Å². The smallest absolute Gasteiger partial charge is 0.235 e. The van der Waals surface area contributed by atoms with Gasteiger partial charge < -0.3 is 5.32 Å². The summed E-state index contributed by atoms with van der Waals surface area (Å²) in [6.45, 7) is 0.256. The lowest BCUT2D eigenvalue weighted by atomic mass is 10.6. The van der Waals surface area contributed by atoms with Gasteiger partial charge in [0.25, 0.3) is 0 Å². The predicted octanol–water partition coefficient (Wildman–Crippen LogP) is -0.0254. The summed E-state index contributed by atoms with van der Waals surface area (Å²) >= 11 is 5.11. The number of hydrogen-bond donors (Lipinski definition) is 1. The van der Waals surface area contributed by atoms with Gasteiger partial charge in [-0.15, -0.1) is 18.0 Å². The third kappa shape index (κ3) is 3.51. The van der Waals surface area contributed by atoms with Gasteiger partial charge in [0.15, 0.2) is 0 Å². The molecule has 8 heavy (non-hydrogen) atoms. The summed E-state index contributed by atoms with van der Waals surface area (Å²) in [4.78, 5) is 10.2. The highest BCUT2D eigenvalue weighted by Crippen LogP contribution is 1.71. The molecule has 0 unspecified atom stereocenters. The highest BCUT2D eigenvalue weighted by molar-refractivity contribution is 6.27. The van der Waals surface area contributed by atoms with Crippen molar-refractivity contribution in [2.24, 2.45) is 0 Å². The first-order chi connectivity index (χ1) is 3.81. The van der Waals surface area contributed by atoms with Gasteiger partial charge in [0.2, 0.25) is 5.91 Å². The van der Waals surface area contributed by atoms with Crippen molar-refractivity contribution >= 4 is 17.5 Å². The first-order valence-electron chi connectivity index (χ1n) is 2.07. The Bertz CT molecular complexity index is 116. The Kier molecular flexibility index (Phi) is 4.10. The SMILES string of the molecule is C#CCNC(=O)CCl. The Balaban J connectivity index is 3.15. The van der Waals surface area contributed by atoms with Gasteiger partial charge in [0.05, 0.1) is 6.54 Å². The van der Waals surface area contributed by atoms with Gasteiger partial charge in [-0.05, 0) is 0 Å². The average molecular weight is 132 g/mol. The predicted molar refractivity (Wildman–Crippen MR) is 32.6 cm³/mol. The van der Waals surface area contributed by atoms with E-state index in [1.54, 1.807) is 0 Å². The number of alkyl halides is 1. The number of halogens is 1. The van der Waals surface area contributed by atoms with Crippen LogP contribution in [-0.2, 0) is 4.79 Å². The van der Waals surface area contributed by atoms with Crippen molar-refractivity contribution in [1.29, 1.82) is 0 Å². The maximum absolute atomic E-state index is 10.2. The van der Waals surface area contributed by atoms with Crippen molar-refractivity contribution in [3.8, 4) is 12.3 Å². The Labute approximate surface area is 53.2 Å². The van der Waals surface area contributed by atoms with E-state index in [0.29, 0.717) is 0 Å². The van der Waals surface area contributed by atoms with Gasteiger partial charge in [0, 0.05) is 0 Å². The van der Waals surface area contributed by atoms with E-state index >= 15 is 0 Å². The van der Waals surface area contributed by atoms with Crippen LogP contribution in [0.15, 0.2) is 0 Å². The molecule has 2 nitrogen and oxygen atoms in total. The molecule has 0 spiro atoms. The van der Waals surface area contributed by atoms with E-state index in [9.17, 15) is 4.79 Å². The van der Waals surface area contributed by atoms with Crippen molar-refractivity contribution in [2.75, 3.05) is 12.4 Å². The zero-order chi connectivity index (χ0) is 6.41. The van der Waals surface area contributed by atoms with Gasteiger partial charge in [-0.2, -0.15) is 0 Å². The molecule has 0 aromatic rings. The van der Waals surface area contributed by atoms with Crippen LogP contribution in [0.3, 0.4) is 0 Å². The summed E-state index contributed by atoms with van der Waals surface area (Å²) < 4.78 is 0. The molecule has 1 amide bonds. The van der Waals surface area contributed by atoms with Crippen molar-refractivity contribution in [3.63, 3.8) is 0 Å². The number of rotatable bonds is 2. The molecule has 0 fully saturated rings. The van der Waals surface area contributed by atoms with Crippen LogP contribution < -0.4 is 5.32 Å². The summed E-state index contributed by atoms with van der Waals surface area (Å²) in [7, 11) is 0. The van der Waals surface area contributed by atoms with E-state index in [1.165, 1.54) is 0 Å². The van der Waals surface area contributed by atoms with Crippen LogP contribution >= 0.6 is 11.6 Å². The third-order valence-electron chi connectivity index (χ3n) is 0.509. The second-order valence-electron chi connectivity index (χ2n) is 1.11. The second-order valence-corrected chi connectivity index (χ2v) is 1.38. The largest absolute Gasteiger partial charge is 0.344 e. The van der Waals surface area contributed by atoms with Crippen molar-refractivity contribution in [3.05, 3.63) is 0 Å². The third-order valence-corrected chi connectivity index (χ3v) is 0.752. The molecule has 0 rings (SSSR count). The molecule has 0 aliphatic rings. The van der Waals surface area contributed by atoms with Gasteiger partial charge in [-0.1, -0.05) is 5.92 Å². The van der Waals surface area contributed by atoms with Crippen molar-refractivity contribution in [2.45, 2.75) is 0 Å². The summed E-state index contributed by atoms with van der Waals surface area (Å²) in [6, 6.07) is 0. The maximum Gasteiger partial charge on any atom is 0.235 e. The van der Waals surface area contributed by atoms with E-state index in [0.717, 1.165) is 0 Å². The second kappa shape index (κ2) is 4.48. The first kappa shape index (κ1) is 7.32. The van der Waals surface area contributed by atoms with E-state index < -0.39 is 0 Å². The quantitative estimate of drug-likeness (QED) is 0.414. The zero-order valence-electron chi connectivity index (χ0n) is 4.28. The van der Waals surface area contributed by atoms with E-state index in [2.05, 4.69) is 11.2 Å². The Morgan fingerprint density at radius 3 is 2.88 bits per heavy atom. The summed E-state index contributed by atoms with van der Waals surface area (Å²) in [6.07, 6.45) is 4.82. The summed E-state index contributed by atoms with van der Waals surface area (Å²) in [5.74, 6) is 1.98. The Morgan fingerprint density at radius 2 is 2.50 bits per heavy atom. The Hall–Kier alpha value is -0.680. The number of carbonyl (C=O) groups excluding carboxylic acids is 1. The fourth-order valence-electron chi connectivity index (χ4n) is 0.197. The molecule has 0 bridgehead atoms. The maximum atomic E-state index is 10.2. The zero-order valence-corrected chi connectivity index (χ0v) is 5.03. The van der Waals surface area contributed by atoms with Gasteiger partial charge in [-0.25, -0.2) is 0 Å². The fourth-order valence-corrected chi connectivity index (χ4v) is 0.291. The number of nitrogens with one attached hydrogen (secondary N) is 1. The van der Waals surface area contributed by atoms with Crippen LogP contribution in [-0.4, -0.2) is 18.3 Å². The van der Waals surface area contributed by atoms with Gasteiger partial charge in [-0.3, -0.25) is 4.79 Å². The molecule has 44 valence electrons. The average Bonchev–Trinajstić information content (AvgIpc) is 1.83. The molecule has 0 saturated carbocycles. The normalized spacial score (nSPS) is 7.50. The molecule has 0 radical (unpaired) electrons. The molecule has 0 saturated heterocycles. The molecule has 3 heteroatoms. The molecule has 1 N–H and O–H groups in total. The van der Waals surface area contributed by atoms with Crippen LogP contribution in [0, 0.1) is 12.3 Å². The van der Waals surface area contributed by atoms with Crippen LogP contribution in [0.5, 0.6) is 0 Å². The molecule has 0 aromatic carbocycles. The number of carbonyl (C=O) groups is 1. The van der Waals surface area contributed by atoms with Gasteiger partial charge >= 0.3 is 0 Å². The standard InChI is InChI=1S/C5H6ClNO/c1-2-3-7-5(8)4-6/h1H,3-4H2,(H,7,8). The number of terminal acetylenes is 1. The molecule has 0 aliphatic carbocycles. The lowest BCUT2D eigenvalue weighted by Crippen LogP contribution is -2.24.